The van der Waals surface area contributed by atoms with Crippen LogP contribution in [-0.4, -0.2) is 52.5 Å². The molecule has 0 aromatic heterocycles. The second-order valence-electron chi connectivity index (χ2n) is 10.7. The molecule has 1 spiro atoms. The topological polar surface area (TPSA) is 63.2 Å². The van der Waals surface area contributed by atoms with E-state index in [-0.39, 0.29) is 29.9 Å². The van der Waals surface area contributed by atoms with E-state index < -0.39 is 22.6 Å². The van der Waals surface area contributed by atoms with Crippen LogP contribution in [-0.2, 0) is 28.5 Å². The quantitative estimate of drug-likeness (QED) is 0.667. The maximum atomic E-state index is 11.7. The highest BCUT2D eigenvalue weighted by Gasteiger charge is 2.69. The second kappa shape index (κ2) is 5.71. The fourth-order valence-electron chi connectivity index (χ4n) is 6.24. The summed E-state index contributed by atoms with van der Waals surface area (Å²) in [4.78, 5) is 11.7. The van der Waals surface area contributed by atoms with Crippen molar-refractivity contribution in [2.45, 2.75) is 132 Å². The van der Waals surface area contributed by atoms with Crippen LogP contribution >= 0.6 is 0 Å². The maximum Gasteiger partial charge on any atom is 0.306 e. The van der Waals surface area contributed by atoms with E-state index in [1.807, 2.05) is 6.92 Å². The van der Waals surface area contributed by atoms with E-state index in [0.717, 1.165) is 44.9 Å². The number of carbonyl (C=O) groups is 1. The minimum atomic E-state index is -0.719. The molecule has 5 heterocycles. The van der Waals surface area contributed by atoms with Gasteiger partial charge in [-0.3, -0.25) is 4.79 Å². The molecule has 5 aliphatic heterocycles. The summed E-state index contributed by atoms with van der Waals surface area (Å²) in [6, 6.07) is 0. The lowest BCUT2D eigenvalue weighted by Crippen LogP contribution is -2.64. The van der Waals surface area contributed by atoms with Crippen molar-refractivity contribution in [3.63, 3.8) is 0 Å². The van der Waals surface area contributed by atoms with Gasteiger partial charge in [-0.25, -0.2) is 0 Å². The van der Waals surface area contributed by atoms with Crippen molar-refractivity contribution in [1.29, 1.82) is 0 Å². The van der Waals surface area contributed by atoms with Crippen LogP contribution in [0.3, 0.4) is 0 Å². The lowest BCUT2D eigenvalue weighted by atomic mass is 9.87. The van der Waals surface area contributed by atoms with Gasteiger partial charge >= 0.3 is 5.97 Å². The standard InChI is InChI=1S/C22H34O6/c1-18(2)14-8-11-21(5,25-14)22(27-18)13-12-20(4,28-22)16-7-6-15(24-16)19(3)10-9-17(23)26-19/h14-16H,6-13H2,1-5H3/t14-,15-,16-,19-,20-,21+,22+/m0/s1. The minimum Gasteiger partial charge on any atom is -0.457 e. The minimum absolute atomic E-state index is 0.0255. The lowest BCUT2D eigenvalue weighted by Gasteiger charge is -2.53. The molecule has 0 N–H and O–H groups in total. The van der Waals surface area contributed by atoms with Crippen LogP contribution in [0.5, 0.6) is 0 Å². The molecule has 0 aromatic rings. The zero-order valence-electron chi connectivity index (χ0n) is 17.8. The Morgan fingerprint density at radius 1 is 0.786 bits per heavy atom. The summed E-state index contributed by atoms with van der Waals surface area (Å²) < 4.78 is 32.1. The van der Waals surface area contributed by atoms with Crippen LogP contribution in [0.25, 0.3) is 0 Å². The van der Waals surface area contributed by atoms with E-state index in [0.29, 0.717) is 6.42 Å². The molecule has 6 heteroatoms. The number of hydrogen-bond acceptors (Lipinski definition) is 6. The van der Waals surface area contributed by atoms with Crippen molar-refractivity contribution in [3.05, 3.63) is 0 Å². The highest BCUT2D eigenvalue weighted by Crippen LogP contribution is 2.59. The molecular weight excluding hydrogens is 360 g/mol. The van der Waals surface area contributed by atoms with Crippen LogP contribution in [0.4, 0.5) is 0 Å². The number of ether oxygens (including phenoxy) is 5. The molecule has 5 rings (SSSR count). The van der Waals surface area contributed by atoms with Gasteiger partial charge in [-0.2, -0.15) is 0 Å². The van der Waals surface area contributed by atoms with Gasteiger partial charge < -0.3 is 23.7 Å². The summed E-state index contributed by atoms with van der Waals surface area (Å²) in [7, 11) is 0. The summed E-state index contributed by atoms with van der Waals surface area (Å²) in [5.74, 6) is -0.834. The molecular formula is C22H34O6. The molecule has 5 saturated heterocycles. The third-order valence-electron chi connectivity index (χ3n) is 8.20. The first-order chi connectivity index (χ1) is 13.0. The first kappa shape index (κ1) is 19.3. The first-order valence-corrected chi connectivity index (χ1v) is 10.9. The largest absolute Gasteiger partial charge is 0.457 e. The molecule has 5 fully saturated rings. The molecule has 0 saturated carbocycles. The van der Waals surface area contributed by atoms with Gasteiger partial charge in [0, 0.05) is 12.8 Å². The smallest absolute Gasteiger partial charge is 0.306 e. The predicted molar refractivity (Wildman–Crippen MR) is 101 cm³/mol. The fraction of sp³-hybridized carbons (Fsp3) is 0.955. The second-order valence-corrected chi connectivity index (χ2v) is 10.7. The summed E-state index contributed by atoms with van der Waals surface area (Å²) in [5, 5.41) is 0. The Balaban J connectivity index is 1.34. The highest BCUT2D eigenvalue weighted by atomic mass is 16.8. The Morgan fingerprint density at radius 3 is 2.18 bits per heavy atom. The third kappa shape index (κ3) is 2.57. The Bertz CT molecular complexity index is 693. The van der Waals surface area contributed by atoms with E-state index in [4.69, 9.17) is 23.7 Å². The summed E-state index contributed by atoms with van der Waals surface area (Å²) in [6.45, 7) is 10.5. The molecule has 2 bridgehead atoms. The third-order valence-corrected chi connectivity index (χ3v) is 8.20. The maximum absolute atomic E-state index is 11.7. The molecule has 28 heavy (non-hydrogen) atoms. The number of fused-ring (bicyclic) bond motifs is 3. The van der Waals surface area contributed by atoms with Gasteiger partial charge in [0.05, 0.1) is 29.5 Å². The van der Waals surface area contributed by atoms with Gasteiger partial charge in [-0.15, -0.1) is 0 Å². The zero-order chi connectivity index (χ0) is 20.0. The van der Waals surface area contributed by atoms with E-state index in [2.05, 4.69) is 27.7 Å². The Labute approximate surface area is 167 Å². The SMILES string of the molecule is CC1(C)O[C@@]2(CC[C@@](C)([C@@H]3CC[C@@H]([C@]4(C)CCC(=O)O4)O3)O2)[C@@]2(C)CC[C@@H]1O2. The van der Waals surface area contributed by atoms with Crippen molar-refractivity contribution >= 4 is 5.97 Å². The number of carbonyl (C=O) groups excluding carboxylic acids is 1. The van der Waals surface area contributed by atoms with E-state index in [1.54, 1.807) is 0 Å². The van der Waals surface area contributed by atoms with Crippen LogP contribution in [0.1, 0.15) is 86.0 Å². The molecule has 6 nitrogen and oxygen atoms in total. The van der Waals surface area contributed by atoms with Crippen LogP contribution in [0, 0.1) is 0 Å². The number of esters is 1. The normalized spacial score (nSPS) is 55.2. The monoisotopic (exact) mass is 394 g/mol. The van der Waals surface area contributed by atoms with Gasteiger partial charge in [0.15, 0.2) is 5.79 Å². The summed E-state index contributed by atoms with van der Waals surface area (Å²) >= 11 is 0. The Kier molecular flexibility index (Phi) is 3.94. The Morgan fingerprint density at radius 2 is 1.50 bits per heavy atom. The van der Waals surface area contributed by atoms with Crippen molar-refractivity contribution in [1.82, 2.24) is 0 Å². The van der Waals surface area contributed by atoms with Crippen molar-refractivity contribution in [3.8, 4) is 0 Å². The van der Waals surface area contributed by atoms with E-state index in [9.17, 15) is 4.79 Å². The molecule has 5 aliphatic rings. The average molecular weight is 395 g/mol. The fourth-order valence-corrected chi connectivity index (χ4v) is 6.24. The van der Waals surface area contributed by atoms with Gasteiger partial charge in [0.1, 0.15) is 11.2 Å². The number of cyclic esters (lactones) is 1. The van der Waals surface area contributed by atoms with E-state index >= 15 is 0 Å². The van der Waals surface area contributed by atoms with Crippen molar-refractivity contribution in [2.75, 3.05) is 0 Å². The molecule has 0 radical (unpaired) electrons. The van der Waals surface area contributed by atoms with Gasteiger partial charge in [0.25, 0.3) is 0 Å². The summed E-state index contributed by atoms with van der Waals surface area (Å²) in [5.41, 5.74) is -1.69. The van der Waals surface area contributed by atoms with Gasteiger partial charge in [-0.1, -0.05) is 0 Å². The predicted octanol–water partition coefficient (Wildman–Crippen LogP) is 3.64. The zero-order valence-corrected chi connectivity index (χ0v) is 17.8. The average Bonchev–Trinajstić information content (AvgIpc) is 3.34. The Hall–Kier alpha value is -0.690. The molecule has 158 valence electrons. The molecule has 0 unspecified atom stereocenters. The van der Waals surface area contributed by atoms with Crippen LogP contribution < -0.4 is 0 Å². The van der Waals surface area contributed by atoms with Gasteiger partial charge in [-0.05, 0) is 73.1 Å². The molecule has 0 aromatic carbocycles. The van der Waals surface area contributed by atoms with Gasteiger partial charge in [0.2, 0.25) is 0 Å². The number of rotatable bonds is 2. The summed E-state index contributed by atoms with van der Waals surface area (Å²) in [6.07, 6.45) is 6.71. The van der Waals surface area contributed by atoms with Crippen LogP contribution in [0.15, 0.2) is 0 Å². The van der Waals surface area contributed by atoms with Crippen LogP contribution in [0.2, 0.25) is 0 Å². The molecule has 0 amide bonds. The molecule has 7 atom stereocenters. The highest BCUT2D eigenvalue weighted by molar-refractivity contribution is 5.72. The van der Waals surface area contributed by atoms with E-state index in [1.165, 1.54) is 0 Å². The molecule has 0 aliphatic carbocycles. The van der Waals surface area contributed by atoms with Crippen molar-refractivity contribution in [2.24, 2.45) is 0 Å². The van der Waals surface area contributed by atoms with Crippen molar-refractivity contribution < 1.29 is 28.5 Å². The first-order valence-electron chi connectivity index (χ1n) is 10.9. The number of hydrogen-bond donors (Lipinski definition) is 0. The lowest BCUT2D eigenvalue weighted by molar-refractivity contribution is -0.407.